The standard InChI is InChI=1S/C16H20N2O3/c1-10(20)18-14-5-3-2-4-12(14)8-15(18)16(21)17-13-6-11(7-13)9-19/h2-5,11,13,15,19H,6-9H2,1H3,(H,17,21)/t11?,13?,15-/m0/s1. The molecular weight excluding hydrogens is 268 g/mol. The normalized spacial score (nSPS) is 27.0. The van der Waals surface area contributed by atoms with Gasteiger partial charge in [0.2, 0.25) is 11.8 Å². The van der Waals surface area contributed by atoms with Gasteiger partial charge in [0, 0.05) is 31.7 Å². The first-order valence-corrected chi connectivity index (χ1v) is 7.39. The summed E-state index contributed by atoms with van der Waals surface area (Å²) >= 11 is 0. The van der Waals surface area contributed by atoms with Gasteiger partial charge in [-0.3, -0.25) is 14.5 Å². The van der Waals surface area contributed by atoms with Gasteiger partial charge in [0.15, 0.2) is 0 Å². The van der Waals surface area contributed by atoms with Crippen molar-refractivity contribution in [1.29, 1.82) is 0 Å². The number of amides is 2. The molecule has 1 atom stereocenters. The predicted molar refractivity (Wildman–Crippen MR) is 78.8 cm³/mol. The average Bonchev–Trinajstić information content (AvgIpc) is 2.81. The van der Waals surface area contributed by atoms with Crippen molar-refractivity contribution in [1.82, 2.24) is 5.32 Å². The van der Waals surface area contributed by atoms with Crippen LogP contribution in [-0.2, 0) is 16.0 Å². The molecule has 1 aliphatic carbocycles. The highest BCUT2D eigenvalue weighted by atomic mass is 16.3. The van der Waals surface area contributed by atoms with Crippen LogP contribution in [0.2, 0.25) is 0 Å². The van der Waals surface area contributed by atoms with Crippen LogP contribution in [0.1, 0.15) is 25.3 Å². The fourth-order valence-corrected chi connectivity index (χ4v) is 3.28. The van der Waals surface area contributed by atoms with Crippen LogP contribution in [-0.4, -0.2) is 35.6 Å². The molecule has 0 bridgehead atoms. The molecule has 2 amide bonds. The molecule has 21 heavy (non-hydrogen) atoms. The third-order valence-electron chi connectivity index (χ3n) is 4.46. The number of aliphatic hydroxyl groups excluding tert-OH is 1. The highest BCUT2D eigenvalue weighted by Gasteiger charge is 2.39. The summed E-state index contributed by atoms with van der Waals surface area (Å²) in [4.78, 5) is 26.0. The van der Waals surface area contributed by atoms with Crippen LogP contribution in [0.3, 0.4) is 0 Å². The first-order chi connectivity index (χ1) is 10.1. The second-order valence-electron chi connectivity index (χ2n) is 5.96. The molecule has 5 heteroatoms. The van der Waals surface area contributed by atoms with E-state index < -0.39 is 6.04 Å². The summed E-state index contributed by atoms with van der Waals surface area (Å²) in [6, 6.07) is 7.33. The van der Waals surface area contributed by atoms with Crippen LogP contribution in [0.4, 0.5) is 5.69 Å². The summed E-state index contributed by atoms with van der Waals surface area (Å²) in [6.45, 7) is 1.67. The molecule has 1 fully saturated rings. The highest BCUT2D eigenvalue weighted by Crippen LogP contribution is 2.33. The predicted octanol–water partition coefficient (Wildman–Crippen LogP) is 0.851. The zero-order chi connectivity index (χ0) is 15.0. The number of rotatable bonds is 3. The summed E-state index contributed by atoms with van der Waals surface area (Å²) in [5.74, 6) is 0.102. The maximum absolute atomic E-state index is 12.5. The fourth-order valence-electron chi connectivity index (χ4n) is 3.28. The van der Waals surface area contributed by atoms with Crippen LogP contribution in [0.25, 0.3) is 0 Å². The number of hydrogen-bond acceptors (Lipinski definition) is 3. The number of carbonyl (C=O) groups excluding carboxylic acids is 2. The van der Waals surface area contributed by atoms with E-state index in [0.29, 0.717) is 12.3 Å². The maximum atomic E-state index is 12.5. The fraction of sp³-hybridized carbons (Fsp3) is 0.500. The van der Waals surface area contributed by atoms with Crippen LogP contribution in [0, 0.1) is 5.92 Å². The lowest BCUT2D eigenvalue weighted by Crippen LogP contribution is -2.53. The summed E-state index contributed by atoms with van der Waals surface area (Å²) in [7, 11) is 0. The highest BCUT2D eigenvalue weighted by molar-refractivity contribution is 6.02. The average molecular weight is 288 g/mol. The molecule has 2 aliphatic rings. The number of hydrogen-bond donors (Lipinski definition) is 2. The smallest absolute Gasteiger partial charge is 0.243 e. The van der Waals surface area contributed by atoms with Crippen molar-refractivity contribution in [3.05, 3.63) is 29.8 Å². The Balaban J connectivity index is 1.71. The van der Waals surface area contributed by atoms with Gasteiger partial charge in [0.05, 0.1) is 0 Å². The largest absolute Gasteiger partial charge is 0.396 e. The Kier molecular flexibility index (Phi) is 3.68. The molecule has 3 rings (SSSR count). The van der Waals surface area contributed by atoms with Crippen molar-refractivity contribution >= 4 is 17.5 Å². The van der Waals surface area contributed by atoms with E-state index in [2.05, 4.69) is 5.32 Å². The molecule has 1 aromatic carbocycles. The van der Waals surface area contributed by atoms with E-state index in [0.717, 1.165) is 24.1 Å². The molecule has 0 saturated heterocycles. The van der Waals surface area contributed by atoms with Crippen molar-refractivity contribution in [3.63, 3.8) is 0 Å². The second-order valence-corrected chi connectivity index (χ2v) is 5.96. The van der Waals surface area contributed by atoms with Crippen LogP contribution >= 0.6 is 0 Å². The molecular formula is C16H20N2O3. The Morgan fingerprint density at radius 2 is 2.05 bits per heavy atom. The first kappa shape index (κ1) is 14.1. The molecule has 1 heterocycles. The van der Waals surface area contributed by atoms with E-state index in [-0.39, 0.29) is 24.5 Å². The van der Waals surface area contributed by atoms with Gasteiger partial charge in [-0.1, -0.05) is 18.2 Å². The molecule has 1 aliphatic heterocycles. The second kappa shape index (κ2) is 5.48. The summed E-state index contributed by atoms with van der Waals surface area (Å²) in [5, 5.41) is 12.0. The summed E-state index contributed by atoms with van der Waals surface area (Å²) in [5.41, 5.74) is 1.88. The minimum Gasteiger partial charge on any atom is -0.396 e. The third kappa shape index (κ3) is 2.53. The van der Waals surface area contributed by atoms with Gasteiger partial charge in [0.1, 0.15) is 6.04 Å². The SMILES string of the molecule is CC(=O)N1c2ccccc2C[C@H]1C(=O)NC1CC(CO)C1. The van der Waals surface area contributed by atoms with E-state index in [1.807, 2.05) is 24.3 Å². The number of carbonyl (C=O) groups is 2. The van der Waals surface area contributed by atoms with Crippen molar-refractivity contribution < 1.29 is 14.7 Å². The number of anilines is 1. The zero-order valence-electron chi connectivity index (χ0n) is 12.1. The lowest BCUT2D eigenvalue weighted by atomic mass is 9.81. The van der Waals surface area contributed by atoms with Gasteiger partial charge in [-0.05, 0) is 30.4 Å². The number of fused-ring (bicyclic) bond motifs is 1. The van der Waals surface area contributed by atoms with Crippen molar-refractivity contribution in [2.45, 2.75) is 38.3 Å². The van der Waals surface area contributed by atoms with Crippen LogP contribution < -0.4 is 10.2 Å². The zero-order valence-corrected chi connectivity index (χ0v) is 12.1. The Hall–Kier alpha value is -1.88. The lowest BCUT2D eigenvalue weighted by molar-refractivity contribution is -0.126. The Morgan fingerprint density at radius 1 is 1.33 bits per heavy atom. The number of aliphatic hydroxyl groups is 1. The van der Waals surface area contributed by atoms with E-state index in [1.165, 1.54) is 6.92 Å². The Bertz CT molecular complexity index is 566. The number of para-hydroxylation sites is 1. The molecule has 2 N–H and O–H groups in total. The van der Waals surface area contributed by atoms with Gasteiger partial charge in [-0.2, -0.15) is 0 Å². The quantitative estimate of drug-likeness (QED) is 0.866. The molecule has 0 spiro atoms. The van der Waals surface area contributed by atoms with E-state index in [1.54, 1.807) is 4.90 Å². The molecule has 112 valence electrons. The van der Waals surface area contributed by atoms with Gasteiger partial charge in [0.25, 0.3) is 0 Å². The van der Waals surface area contributed by atoms with Crippen molar-refractivity contribution in [2.24, 2.45) is 5.92 Å². The number of nitrogens with zero attached hydrogens (tertiary/aromatic N) is 1. The minimum absolute atomic E-state index is 0.0946. The van der Waals surface area contributed by atoms with Gasteiger partial charge in [-0.25, -0.2) is 0 Å². The van der Waals surface area contributed by atoms with E-state index in [9.17, 15) is 9.59 Å². The molecule has 1 aromatic rings. The molecule has 0 unspecified atom stereocenters. The maximum Gasteiger partial charge on any atom is 0.243 e. The van der Waals surface area contributed by atoms with Gasteiger partial charge >= 0.3 is 0 Å². The number of nitrogens with one attached hydrogen (secondary N) is 1. The molecule has 0 aromatic heterocycles. The summed E-state index contributed by atoms with van der Waals surface area (Å²) < 4.78 is 0. The minimum atomic E-state index is -0.451. The van der Waals surface area contributed by atoms with E-state index in [4.69, 9.17) is 5.11 Å². The Labute approximate surface area is 123 Å². The van der Waals surface area contributed by atoms with Crippen LogP contribution in [0.5, 0.6) is 0 Å². The third-order valence-corrected chi connectivity index (χ3v) is 4.46. The molecule has 5 nitrogen and oxygen atoms in total. The Morgan fingerprint density at radius 3 is 2.71 bits per heavy atom. The van der Waals surface area contributed by atoms with Crippen molar-refractivity contribution in [2.75, 3.05) is 11.5 Å². The molecule has 1 saturated carbocycles. The summed E-state index contributed by atoms with van der Waals surface area (Å²) in [6.07, 6.45) is 2.21. The van der Waals surface area contributed by atoms with E-state index >= 15 is 0 Å². The van der Waals surface area contributed by atoms with Crippen LogP contribution in [0.15, 0.2) is 24.3 Å². The molecule has 0 radical (unpaired) electrons. The van der Waals surface area contributed by atoms with Gasteiger partial charge in [-0.15, -0.1) is 0 Å². The number of benzene rings is 1. The topological polar surface area (TPSA) is 69.6 Å². The monoisotopic (exact) mass is 288 g/mol. The first-order valence-electron chi connectivity index (χ1n) is 7.39. The van der Waals surface area contributed by atoms with Gasteiger partial charge < -0.3 is 10.4 Å². The van der Waals surface area contributed by atoms with Crippen molar-refractivity contribution in [3.8, 4) is 0 Å². The lowest BCUT2D eigenvalue weighted by Gasteiger charge is -2.36.